The molecular weight excluding hydrogens is 168 g/mol. The van der Waals surface area contributed by atoms with Crippen LogP contribution >= 0.6 is 0 Å². The van der Waals surface area contributed by atoms with Gasteiger partial charge in [0.25, 0.3) is 0 Å². The van der Waals surface area contributed by atoms with Gasteiger partial charge in [0.1, 0.15) is 5.78 Å². The Morgan fingerprint density at radius 3 is 2.54 bits per heavy atom. The Morgan fingerprint density at radius 1 is 1.54 bits per heavy atom. The third kappa shape index (κ3) is 0.960. The average Bonchev–Trinajstić information content (AvgIpc) is 2.02. The minimum Gasteiger partial charge on any atom is -0.481 e. The molecule has 0 amide bonds. The van der Waals surface area contributed by atoms with E-state index in [0.717, 1.165) is 6.42 Å². The molecule has 13 heavy (non-hydrogen) atoms. The van der Waals surface area contributed by atoms with E-state index < -0.39 is 11.9 Å². The van der Waals surface area contributed by atoms with Gasteiger partial charge in [0.05, 0.1) is 5.92 Å². The number of carbonyl (C=O) groups excluding carboxylic acids is 1. The van der Waals surface area contributed by atoms with Crippen LogP contribution in [0, 0.1) is 23.2 Å². The third-order valence-electron chi connectivity index (χ3n) is 3.96. The predicted octanol–water partition coefficient (Wildman–Crippen LogP) is 1.32. The molecule has 3 aliphatic carbocycles. The fraction of sp³-hybridized carbons (Fsp3) is 0.800. The lowest BCUT2D eigenvalue weighted by Gasteiger charge is -2.57. The molecule has 2 bridgehead atoms. The van der Waals surface area contributed by atoms with Gasteiger partial charge in [-0.1, -0.05) is 13.8 Å². The van der Waals surface area contributed by atoms with Crippen LogP contribution in [0.4, 0.5) is 0 Å². The molecule has 0 aromatic heterocycles. The van der Waals surface area contributed by atoms with Crippen LogP contribution in [0.5, 0.6) is 0 Å². The van der Waals surface area contributed by atoms with Crippen LogP contribution in [-0.4, -0.2) is 16.9 Å². The van der Waals surface area contributed by atoms with Gasteiger partial charge in [-0.2, -0.15) is 0 Å². The monoisotopic (exact) mass is 182 g/mol. The van der Waals surface area contributed by atoms with E-state index in [2.05, 4.69) is 0 Å². The standard InChI is InChI=1S/C10H14O3/c1-10(2)6-4-7(10)8(11)3-5(6)9(12)13/h5-7H,3-4H2,1-2H3,(H,12,13)/t5-,6-,7+/m1/s1. The number of ketones is 1. The summed E-state index contributed by atoms with van der Waals surface area (Å²) in [5.41, 5.74) is -0.0710. The molecule has 3 heteroatoms. The van der Waals surface area contributed by atoms with Crippen LogP contribution in [-0.2, 0) is 9.59 Å². The number of carboxylic acids is 1. The van der Waals surface area contributed by atoms with E-state index in [1.54, 1.807) is 0 Å². The number of fused-ring (bicyclic) bond motifs is 2. The van der Waals surface area contributed by atoms with Crippen LogP contribution in [0.15, 0.2) is 0 Å². The minimum absolute atomic E-state index is 0.0710. The maximum absolute atomic E-state index is 11.5. The quantitative estimate of drug-likeness (QED) is 0.665. The first kappa shape index (κ1) is 8.73. The normalized spacial score (nSPS) is 41.1. The molecule has 1 N–H and O–H groups in total. The fourth-order valence-corrected chi connectivity index (χ4v) is 2.95. The lowest BCUT2D eigenvalue weighted by Crippen LogP contribution is -2.58. The van der Waals surface area contributed by atoms with Gasteiger partial charge in [-0.25, -0.2) is 0 Å². The molecule has 0 heterocycles. The molecule has 0 unspecified atom stereocenters. The highest BCUT2D eigenvalue weighted by molar-refractivity contribution is 5.90. The van der Waals surface area contributed by atoms with Crippen molar-refractivity contribution in [2.24, 2.45) is 23.2 Å². The highest BCUT2D eigenvalue weighted by atomic mass is 16.4. The molecule has 0 aromatic rings. The van der Waals surface area contributed by atoms with Crippen LogP contribution in [0.1, 0.15) is 26.7 Å². The summed E-state index contributed by atoms with van der Waals surface area (Å²) in [6.45, 7) is 4.03. The number of hydrogen-bond acceptors (Lipinski definition) is 2. The SMILES string of the molecule is CC1(C)[C@@H]2C[C@H]1C(=O)C[C@H]2C(=O)O. The molecule has 0 saturated heterocycles. The van der Waals surface area contributed by atoms with Crippen molar-refractivity contribution >= 4 is 11.8 Å². The molecule has 0 spiro atoms. The molecule has 3 nitrogen and oxygen atoms in total. The Hall–Kier alpha value is -0.860. The summed E-state index contributed by atoms with van der Waals surface area (Å²) in [5.74, 6) is -0.724. The Kier molecular flexibility index (Phi) is 1.57. The first-order valence-electron chi connectivity index (χ1n) is 4.70. The maximum Gasteiger partial charge on any atom is 0.307 e. The third-order valence-corrected chi connectivity index (χ3v) is 3.96. The van der Waals surface area contributed by atoms with Crippen molar-refractivity contribution in [2.45, 2.75) is 26.7 Å². The van der Waals surface area contributed by atoms with Crippen molar-refractivity contribution in [1.29, 1.82) is 0 Å². The predicted molar refractivity (Wildman–Crippen MR) is 46.1 cm³/mol. The van der Waals surface area contributed by atoms with Crippen molar-refractivity contribution in [3.05, 3.63) is 0 Å². The summed E-state index contributed by atoms with van der Waals surface area (Å²) in [7, 11) is 0. The molecule has 3 rings (SSSR count). The molecule has 3 atom stereocenters. The molecule has 0 aromatic carbocycles. The fourth-order valence-electron chi connectivity index (χ4n) is 2.95. The second-order valence-electron chi connectivity index (χ2n) is 4.83. The zero-order chi connectivity index (χ0) is 9.80. The average molecular weight is 182 g/mol. The van der Waals surface area contributed by atoms with E-state index in [-0.39, 0.29) is 29.5 Å². The van der Waals surface area contributed by atoms with E-state index in [0.29, 0.717) is 0 Å². The summed E-state index contributed by atoms with van der Waals surface area (Å²) >= 11 is 0. The highest BCUT2D eigenvalue weighted by Gasteiger charge is 2.60. The lowest BCUT2D eigenvalue weighted by atomic mass is 9.45. The van der Waals surface area contributed by atoms with Crippen molar-refractivity contribution in [1.82, 2.24) is 0 Å². The topological polar surface area (TPSA) is 54.4 Å². The van der Waals surface area contributed by atoms with Crippen LogP contribution in [0.3, 0.4) is 0 Å². The van der Waals surface area contributed by atoms with Crippen LogP contribution < -0.4 is 0 Å². The van der Waals surface area contributed by atoms with Gasteiger partial charge in [0.2, 0.25) is 0 Å². The van der Waals surface area contributed by atoms with Gasteiger partial charge in [0, 0.05) is 12.3 Å². The van der Waals surface area contributed by atoms with Gasteiger partial charge < -0.3 is 5.11 Å². The van der Waals surface area contributed by atoms with Crippen LogP contribution in [0.2, 0.25) is 0 Å². The van der Waals surface area contributed by atoms with Gasteiger partial charge in [-0.15, -0.1) is 0 Å². The number of aliphatic carboxylic acids is 1. The van der Waals surface area contributed by atoms with Gasteiger partial charge in [-0.3, -0.25) is 9.59 Å². The zero-order valence-electron chi connectivity index (χ0n) is 7.91. The summed E-state index contributed by atoms with van der Waals surface area (Å²) in [6, 6.07) is 0. The number of rotatable bonds is 1. The van der Waals surface area contributed by atoms with Crippen molar-refractivity contribution in [2.75, 3.05) is 0 Å². The molecule has 0 radical (unpaired) electrons. The number of carboxylic acid groups (broad SMARTS) is 1. The second-order valence-corrected chi connectivity index (χ2v) is 4.83. The second kappa shape index (κ2) is 2.34. The summed E-state index contributed by atoms with van der Waals surface area (Å²) in [5, 5.41) is 8.93. The molecule has 72 valence electrons. The van der Waals surface area contributed by atoms with E-state index in [1.807, 2.05) is 13.8 Å². The molecule has 0 aliphatic heterocycles. The van der Waals surface area contributed by atoms with E-state index in [4.69, 9.17) is 5.11 Å². The zero-order valence-corrected chi connectivity index (χ0v) is 7.91. The smallest absolute Gasteiger partial charge is 0.307 e. The Morgan fingerprint density at radius 2 is 2.15 bits per heavy atom. The molecule has 3 aliphatic rings. The van der Waals surface area contributed by atoms with Crippen molar-refractivity contribution < 1.29 is 14.7 Å². The maximum atomic E-state index is 11.5. The van der Waals surface area contributed by atoms with Crippen molar-refractivity contribution in [3.8, 4) is 0 Å². The lowest BCUT2D eigenvalue weighted by molar-refractivity contribution is -0.173. The molecular formula is C10H14O3. The number of carbonyl (C=O) groups is 2. The largest absolute Gasteiger partial charge is 0.481 e. The molecule has 3 saturated carbocycles. The van der Waals surface area contributed by atoms with Crippen LogP contribution in [0.25, 0.3) is 0 Å². The Labute approximate surface area is 77.1 Å². The first-order valence-corrected chi connectivity index (χ1v) is 4.70. The summed E-state index contributed by atoms with van der Waals surface area (Å²) in [6.07, 6.45) is 1.05. The van der Waals surface area contributed by atoms with Crippen molar-refractivity contribution in [3.63, 3.8) is 0 Å². The Balaban J connectivity index is 2.27. The number of Topliss-reactive ketones (excluding diaryl/α,β-unsaturated/α-hetero) is 1. The first-order chi connectivity index (χ1) is 5.94. The number of hydrogen-bond donors (Lipinski definition) is 1. The van der Waals surface area contributed by atoms with Gasteiger partial charge in [-0.05, 0) is 17.8 Å². The Bertz CT molecular complexity index is 280. The summed E-state index contributed by atoms with van der Waals surface area (Å²) in [4.78, 5) is 22.4. The van der Waals surface area contributed by atoms with E-state index >= 15 is 0 Å². The minimum atomic E-state index is -0.801. The summed E-state index contributed by atoms with van der Waals surface area (Å²) < 4.78 is 0. The molecule has 3 fully saturated rings. The highest BCUT2D eigenvalue weighted by Crippen LogP contribution is 2.59. The van der Waals surface area contributed by atoms with E-state index in [1.165, 1.54) is 0 Å². The van der Waals surface area contributed by atoms with Gasteiger partial charge >= 0.3 is 5.97 Å². The van der Waals surface area contributed by atoms with E-state index in [9.17, 15) is 9.59 Å². The van der Waals surface area contributed by atoms with Gasteiger partial charge in [0.15, 0.2) is 0 Å².